The number of allylic oxidation sites excluding steroid dienone is 2. The normalized spacial score (nSPS) is 16.4. The van der Waals surface area contributed by atoms with Crippen LogP contribution in [0.3, 0.4) is 0 Å². The van der Waals surface area contributed by atoms with E-state index in [-0.39, 0.29) is 61.6 Å². The fraction of sp³-hybridized carbons (Fsp3) is 0.0625. The van der Waals surface area contributed by atoms with Gasteiger partial charge in [0.15, 0.2) is 5.78 Å². The molecule has 1 atom stereocenters. The molecule has 2 aliphatic heterocycles. The molecule has 4 aromatic carbocycles. The molecule has 2 aliphatic rings. The molecule has 1 N–H and O–H groups in total. The van der Waals surface area contributed by atoms with Gasteiger partial charge >= 0.3 is 200 Å². The molecule has 0 saturated carbocycles. The molecule has 0 bridgehead atoms. The summed E-state index contributed by atoms with van der Waals surface area (Å²) in [4.78, 5) is 14.9. The first-order valence-corrected chi connectivity index (χ1v) is 17.5. The SMILES string of the molecule is CC(=O)/C=C(/C)O.O=P12c3ccccc3[Se]c3[c-]c(-c4ccc5ccccc5n4)cc(c31)[Se]c1ccccc12.[Ir]. The van der Waals surface area contributed by atoms with Crippen LogP contribution < -0.4 is 33.8 Å². The van der Waals surface area contributed by atoms with Gasteiger partial charge in [-0.15, -0.1) is 0 Å². The number of fused-ring (bicyclic) bond motifs is 5. The Kier molecular flexibility index (Phi) is 8.48. The molecule has 3 heterocycles. The van der Waals surface area contributed by atoms with Crippen molar-refractivity contribution in [3.63, 3.8) is 0 Å². The summed E-state index contributed by atoms with van der Waals surface area (Å²) in [6.45, 7) is 2.85. The van der Waals surface area contributed by atoms with E-state index in [9.17, 15) is 9.36 Å². The molecular weight excluding hydrogens is 827 g/mol. The first kappa shape index (κ1) is 28.9. The van der Waals surface area contributed by atoms with Crippen molar-refractivity contribution < 1.29 is 34.6 Å². The zero-order chi connectivity index (χ0) is 27.1. The fourth-order valence-electron chi connectivity index (χ4n) is 4.83. The summed E-state index contributed by atoms with van der Waals surface area (Å²) in [5.74, 6) is -0.0625. The van der Waals surface area contributed by atoms with E-state index in [0.717, 1.165) is 42.5 Å². The van der Waals surface area contributed by atoms with Gasteiger partial charge in [-0.2, -0.15) is 0 Å². The summed E-state index contributed by atoms with van der Waals surface area (Å²) in [7, 11) is -2.89. The van der Waals surface area contributed by atoms with E-state index in [0.29, 0.717) is 0 Å². The number of hydrogen-bond donors (Lipinski definition) is 1. The summed E-state index contributed by atoms with van der Waals surface area (Å²) in [6, 6.07) is 35.0. The first-order valence-electron chi connectivity index (χ1n) is 12.3. The van der Waals surface area contributed by atoms with Crippen LogP contribution >= 0.6 is 7.14 Å². The van der Waals surface area contributed by atoms with E-state index < -0.39 is 7.14 Å². The Labute approximate surface area is 259 Å². The van der Waals surface area contributed by atoms with Crippen LogP contribution in [0.15, 0.2) is 103 Å². The molecule has 1 unspecified atom stereocenters. The Hall–Kier alpha value is -2.58. The largest absolute Gasteiger partial charge is 0 e. The number of ketones is 1. The standard InChI is InChI=1S/C27H15NOPSe2.C5H8O2.Ir/c29-30-21-9-3-5-11-23(21)31-25-15-18(20-14-13-17-7-1-2-8-19(17)28-20)16-26(27(25)30)32-24-12-6-4-10-22(24)30;1-4(6)3-5(2)7;/h1-15H;3,6H,1-2H3;/q-1;;/b;4-3-;. The van der Waals surface area contributed by atoms with Crippen LogP contribution in [0.5, 0.6) is 0 Å². The zero-order valence-corrected chi connectivity index (χ0v) is 28.3. The van der Waals surface area contributed by atoms with Gasteiger partial charge in [0.25, 0.3) is 0 Å². The third-order valence-electron chi connectivity index (χ3n) is 6.41. The number of pyridine rings is 1. The van der Waals surface area contributed by atoms with Gasteiger partial charge in [0.2, 0.25) is 0 Å². The molecule has 0 aliphatic carbocycles. The average molecular weight is 851 g/mol. The molecule has 1 aromatic heterocycles. The summed E-state index contributed by atoms with van der Waals surface area (Å²) in [6.07, 6.45) is 1.17. The molecule has 0 fully saturated rings. The minimum Gasteiger partial charge on any atom is 0 e. The zero-order valence-electron chi connectivity index (χ0n) is 21.5. The summed E-state index contributed by atoms with van der Waals surface area (Å²) in [5, 5.41) is 12.6. The first-order chi connectivity index (χ1) is 18.8. The Balaban J connectivity index is 0.000000362. The van der Waals surface area contributed by atoms with Crippen LogP contribution in [0.4, 0.5) is 0 Å². The van der Waals surface area contributed by atoms with Gasteiger partial charge in [0.1, 0.15) is 0 Å². The van der Waals surface area contributed by atoms with Crippen molar-refractivity contribution in [3.05, 3.63) is 109 Å². The van der Waals surface area contributed by atoms with Crippen LogP contribution in [0, 0.1) is 6.07 Å². The van der Waals surface area contributed by atoms with Crippen molar-refractivity contribution in [1.29, 1.82) is 0 Å². The van der Waals surface area contributed by atoms with Crippen molar-refractivity contribution in [2.75, 3.05) is 0 Å². The third kappa shape index (κ3) is 5.25. The molecule has 0 spiro atoms. The Bertz CT molecular complexity index is 1790. The second-order valence-corrected chi connectivity index (χ2v) is 16.4. The number of hydrogen-bond acceptors (Lipinski definition) is 4. The molecular formula is C32H23IrNO3PSe2-. The number of benzene rings is 4. The molecule has 201 valence electrons. The van der Waals surface area contributed by atoms with Crippen molar-refractivity contribution in [2.24, 2.45) is 0 Å². The van der Waals surface area contributed by atoms with Crippen LogP contribution in [0.1, 0.15) is 13.8 Å². The third-order valence-corrected chi connectivity index (χ3v) is 15.6. The quantitative estimate of drug-likeness (QED) is 0.0956. The monoisotopic (exact) mass is 853 g/mol. The van der Waals surface area contributed by atoms with E-state index in [2.05, 4.69) is 72.8 Å². The van der Waals surface area contributed by atoms with Gasteiger partial charge in [0.05, 0.1) is 5.76 Å². The molecule has 8 heteroatoms. The average Bonchev–Trinajstić information content (AvgIpc) is 2.92. The predicted molar refractivity (Wildman–Crippen MR) is 163 cm³/mol. The van der Waals surface area contributed by atoms with Crippen molar-refractivity contribution in [1.82, 2.24) is 4.98 Å². The number of aromatic nitrogens is 1. The van der Waals surface area contributed by atoms with Gasteiger partial charge in [-0.3, -0.25) is 4.79 Å². The van der Waals surface area contributed by atoms with Gasteiger partial charge in [-0.1, -0.05) is 0 Å². The molecule has 1 radical (unpaired) electrons. The molecule has 7 rings (SSSR count). The summed E-state index contributed by atoms with van der Waals surface area (Å²) < 4.78 is 19.8. The maximum Gasteiger partial charge on any atom is 0 e. The smallest absolute Gasteiger partial charge is 0 e. The van der Waals surface area contributed by atoms with Crippen LogP contribution in [0.2, 0.25) is 0 Å². The van der Waals surface area contributed by atoms with E-state index in [4.69, 9.17) is 10.1 Å². The van der Waals surface area contributed by atoms with Gasteiger partial charge in [-0.05, 0) is 13.8 Å². The second-order valence-electron chi connectivity index (χ2n) is 9.26. The van der Waals surface area contributed by atoms with Crippen LogP contribution in [-0.2, 0) is 29.5 Å². The van der Waals surface area contributed by atoms with Crippen LogP contribution in [-0.4, -0.2) is 45.8 Å². The predicted octanol–water partition coefficient (Wildman–Crippen LogP) is 2.31. The number of carbonyl (C=O) groups excluding carboxylic acids is 1. The van der Waals surface area contributed by atoms with E-state index in [1.165, 1.54) is 33.3 Å². The Morgan fingerprint density at radius 3 is 2.12 bits per heavy atom. The summed E-state index contributed by atoms with van der Waals surface area (Å²) >= 11 is 0.182. The molecule has 4 nitrogen and oxygen atoms in total. The van der Waals surface area contributed by atoms with Crippen molar-refractivity contribution >= 4 is 87.5 Å². The molecule has 0 saturated heterocycles. The summed E-state index contributed by atoms with van der Waals surface area (Å²) in [5.41, 5.74) is 2.93. The van der Waals surface area contributed by atoms with Crippen molar-refractivity contribution in [2.45, 2.75) is 13.8 Å². The number of aliphatic hydroxyl groups is 1. The second kappa shape index (κ2) is 11.7. The minimum atomic E-state index is -2.89. The maximum absolute atomic E-state index is 14.9. The topological polar surface area (TPSA) is 67.3 Å². The molecule has 5 aromatic rings. The number of nitrogens with zero attached hydrogens (tertiary/aromatic N) is 1. The van der Waals surface area contributed by atoms with Gasteiger partial charge in [-0.25, -0.2) is 0 Å². The molecule has 0 amide bonds. The Morgan fingerprint density at radius 2 is 1.48 bits per heavy atom. The van der Waals surface area contributed by atoms with E-state index in [1.54, 1.807) is 0 Å². The fourth-order valence-corrected chi connectivity index (χ4v) is 16.0. The minimum absolute atomic E-state index is 0. The van der Waals surface area contributed by atoms with Gasteiger partial charge in [0, 0.05) is 26.2 Å². The van der Waals surface area contributed by atoms with E-state index in [1.807, 2.05) is 24.3 Å². The number of rotatable bonds is 2. The number of para-hydroxylation sites is 1. The maximum atomic E-state index is 14.9. The van der Waals surface area contributed by atoms with Gasteiger partial charge < -0.3 is 5.11 Å². The number of carbonyl (C=O) groups is 1. The molecule has 40 heavy (non-hydrogen) atoms. The van der Waals surface area contributed by atoms with E-state index >= 15 is 0 Å². The Morgan fingerprint density at radius 1 is 0.850 bits per heavy atom. The van der Waals surface area contributed by atoms with Crippen LogP contribution in [0.25, 0.3) is 22.2 Å². The number of aliphatic hydroxyl groups excluding tert-OH is 1. The van der Waals surface area contributed by atoms with Crippen molar-refractivity contribution in [3.8, 4) is 11.3 Å².